The monoisotopic (exact) mass is 463 g/mol. The van der Waals surface area contributed by atoms with E-state index in [4.69, 9.17) is 4.74 Å². The van der Waals surface area contributed by atoms with E-state index >= 15 is 0 Å². The van der Waals surface area contributed by atoms with E-state index in [0.717, 1.165) is 10.9 Å². The predicted molar refractivity (Wildman–Crippen MR) is 133 cm³/mol. The maximum Gasteiger partial charge on any atom is 0.337 e. The molecule has 4 aromatic carbocycles. The van der Waals surface area contributed by atoms with Gasteiger partial charge < -0.3 is 14.9 Å². The summed E-state index contributed by atoms with van der Waals surface area (Å²) in [5, 5.41) is 23.2. The van der Waals surface area contributed by atoms with Crippen molar-refractivity contribution >= 4 is 16.7 Å². The normalized spacial score (nSPS) is 10.9. The lowest BCUT2D eigenvalue weighted by molar-refractivity contribution is 0.0600. The average molecular weight is 463 g/mol. The average Bonchev–Trinajstić information content (AvgIpc) is 2.88. The van der Waals surface area contributed by atoms with Crippen LogP contribution < -0.4 is 0 Å². The van der Waals surface area contributed by atoms with Gasteiger partial charge in [-0.05, 0) is 48.2 Å². The number of phenolic OH excluding ortho intramolecular Hbond substituents is 2. The van der Waals surface area contributed by atoms with E-state index < -0.39 is 5.97 Å². The van der Waals surface area contributed by atoms with Crippen molar-refractivity contribution in [2.24, 2.45) is 0 Å². The van der Waals surface area contributed by atoms with Crippen LogP contribution in [-0.4, -0.2) is 38.2 Å². The highest BCUT2D eigenvalue weighted by molar-refractivity contribution is 5.94. The number of fused-ring (bicyclic) bond motifs is 1. The summed E-state index contributed by atoms with van der Waals surface area (Å²) in [5.41, 5.74) is 2.80. The molecule has 1 heterocycles. The quantitative estimate of drug-likeness (QED) is 0.338. The molecule has 0 fully saturated rings. The third kappa shape index (κ3) is 4.15. The number of methoxy groups -OCH3 is 1. The van der Waals surface area contributed by atoms with E-state index in [0.29, 0.717) is 33.5 Å². The summed E-state index contributed by atoms with van der Waals surface area (Å²) in [7, 11) is 1.32. The molecule has 5 aromatic rings. The lowest BCUT2D eigenvalue weighted by Gasteiger charge is -2.12. The molecule has 7 heteroatoms. The molecule has 5 rings (SSSR count). The minimum Gasteiger partial charge on any atom is -0.507 e. The Kier molecular flexibility index (Phi) is 5.58. The second kappa shape index (κ2) is 8.87. The van der Waals surface area contributed by atoms with Crippen LogP contribution in [0.25, 0.3) is 44.9 Å². The summed E-state index contributed by atoms with van der Waals surface area (Å²) in [6.07, 6.45) is 0. The molecule has 2 N–H and O–H groups in total. The van der Waals surface area contributed by atoms with E-state index in [1.165, 1.54) is 7.11 Å². The molecule has 1 aromatic heterocycles. The van der Waals surface area contributed by atoms with Gasteiger partial charge >= 0.3 is 5.97 Å². The fraction of sp³-hybridized carbons (Fsp3) is 0.0714. The summed E-state index contributed by atoms with van der Waals surface area (Å²) in [5.74, 6) is 0.489. The maximum atomic E-state index is 11.8. The summed E-state index contributed by atoms with van der Waals surface area (Å²) < 4.78 is 4.77. The Morgan fingerprint density at radius 2 is 1.43 bits per heavy atom. The van der Waals surface area contributed by atoms with Crippen molar-refractivity contribution in [2.75, 3.05) is 7.11 Å². The van der Waals surface area contributed by atoms with Crippen LogP contribution in [0.1, 0.15) is 15.9 Å². The van der Waals surface area contributed by atoms with Gasteiger partial charge in [0.2, 0.25) is 0 Å². The standard InChI is InChI=1S/C28H21N3O4/c1-16-7-13-21(23(32)15-16)26-29-25(18-8-10-19(11-9-18)28(34)35-2)30-27(31-26)22-14-12-17-5-3-4-6-20(17)24(22)33/h3-15,32-33H,1-2H3. The molecule has 0 aliphatic rings. The number of nitrogens with zero attached hydrogens (tertiary/aromatic N) is 3. The Balaban J connectivity index is 1.72. The van der Waals surface area contributed by atoms with Gasteiger partial charge in [0, 0.05) is 10.9 Å². The second-order valence-electron chi connectivity index (χ2n) is 8.08. The summed E-state index contributed by atoms with van der Waals surface area (Å²) in [6.45, 7) is 1.88. The highest BCUT2D eigenvalue weighted by Crippen LogP contribution is 2.36. The Morgan fingerprint density at radius 3 is 2.14 bits per heavy atom. The lowest BCUT2D eigenvalue weighted by atomic mass is 10.0. The number of benzene rings is 4. The number of esters is 1. The first-order valence-electron chi connectivity index (χ1n) is 10.9. The molecule has 0 bridgehead atoms. The van der Waals surface area contributed by atoms with Crippen molar-refractivity contribution in [1.29, 1.82) is 0 Å². The maximum absolute atomic E-state index is 11.8. The number of carbonyl (C=O) groups is 1. The highest BCUT2D eigenvalue weighted by atomic mass is 16.5. The van der Waals surface area contributed by atoms with Crippen molar-refractivity contribution in [3.05, 3.63) is 90.0 Å². The number of ether oxygens (including phenoxy) is 1. The number of carbonyl (C=O) groups excluding carboxylic acids is 1. The Hall–Kier alpha value is -4.78. The zero-order valence-corrected chi connectivity index (χ0v) is 19.1. The number of aryl methyl sites for hydroxylation is 1. The SMILES string of the molecule is COC(=O)c1ccc(-c2nc(-c3ccc(C)cc3O)nc(-c3ccc4ccccc4c3O)n2)cc1. The van der Waals surface area contributed by atoms with Crippen LogP contribution in [0.3, 0.4) is 0 Å². The Labute approximate surface area is 201 Å². The zero-order valence-electron chi connectivity index (χ0n) is 19.1. The van der Waals surface area contributed by atoms with Crippen molar-refractivity contribution < 1.29 is 19.7 Å². The number of hydrogen-bond acceptors (Lipinski definition) is 7. The van der Waals surface area contributed by atoms with Gasteiger partial charge in [-0.3, -0.25) is 0 Å². The molecule has 0 atom stereocenters. The predicted octanol–water partition coefficient (Wildman–Crippen LogP) is 5.53. The van der Waals surface area contributed by atoms with Crippen molar-refractivity contribution in [3.8, 4) is 45.7 Å². The van der Waals surface area contributed by atoms with E-state index in [9.17, 15) is 15.0 Å². The fourth-order valence-corrected chi connectivity index (χ4v) is 3.89. The summed E-state index contributed by atoms with van der Waals surface area (Å²) in [6, 6.07) is 23.1. The molecular weight excluding hydrogens is 442 g/mol. The van der Waals surface area contributed by atoms with Gasteiger partial charge in [-0.25, -0.2) is 19.7 Å². The third-order valence-electron chi connectivity index (χ3n) is 5.74. The van der Waals surface area contributed by atoms with Crippen molar-refractivity contribution in [2.45, 2.75) is 6.92 Å². The largest absolute Gasteiger partial charge is 0.507 e. The van der Waals surface area contributed by atoms with Gasteiger partial charge in [0.25, 0.3) is 0 Å². The van der Waals surface area contributed by atoms with Crippen molar-refractivity contribution in [3.63, 3.8) is 0 Å². The highest BCUT2D eigenvalue weighted by Gasteiger charge is 2.18. The first-order chi connectivity index (χ1) is 16.9. The van der Waals surface area contributed by atoms with Crippen LogP contribution in [0.15, 0.2) is 78.9 Å². The van der Waals surface area contributed by atoms with Crippen LogP contribution in [-0.2, 0) is 4.74 Å². The van der Waals surface area contributed by atoms with Gasteiger partial charge in [-0.15, -0.1) is 0 Å². The smallest absolute Gasteiger partial charge is 0.337 e. The minimum atomic E-state index is -0.445. The molecular formula is C28H21N3O4. The van der Waals surface area contributed by atoms with E-state index in [1.807, 2.05) is 43.3 Å². The molecule has 172 valence electrons. The van der Waals surface area contributed by atoms with Gasteiger partial charge in [-0.1, -0.05) is 48.5 Å². The number of phenols is 2. The lowest BCUT2D eigenvalue weighted by Crippen LogP contribution is -2.02. The number of hydrogen-bond donors (Lipinski definition) is 2. The Bertz CT molecular complexity index is 1580. The van der Waals surface area contributed by atoms with Crippen molar-refractivity contribution in [1.82, 2.24) is 15.0 Å². The van der Waals surface area contributed by atoms with E-state index in [-0.39, 0.29) is 23.1 Å². The molecule has 0 amide bonds. The van der Waals surface area contributed by atoms with Crippen LogP contribution in [0.5, 0.6) is 11.5 Å². The molecule has 35 heavy (non-hydrogen) atoms. The Morgan fingerprint density at radius 1 is 0.771 bits per heavy atom. The van der Waals surface area contributed by atoms with Crippen LogP contribution >= 0.6 is 0 Å². The molecule has 7 nitrogen and oxygen atoms in total. The first kappa shape index (κ1) is 22.0. The molecule has 0 spiro atoms. The number of aromatic nitrogens is 3. The van der Waals surface area contributed by atoms with Gasteiger partial charge in [-0.2, -0.15) is 0 Å². The number of aromatic hydroxyl groups is 2. The second-order valence-corrected chi connectivity index (χ2v) is 8.08. The first-order valence-corrected chi connectivity index (χ1v) is 10.9. The molecule has 0 saturated heterocycles. The van der Waals surface area contributed by atoms with E-state index in [2.05, 4.69) is 15.0 Å². The van der Waals surface area contributed by atoms with Gasteiger partial charge in [0.1, 0.15) is 11.5 Å². The minimum absolute atomic E-state index is 0.0388. The zero-order chi connectivity index (χ0) is 24.5. The van der Waals surface area contributed by atoms with Gasteiger partial charge in [0.05, 0.1) is 23.8 Å². The van der Waals surface area contributed by atoms with Gasteiger partial charge in [0.15, 0.2) is 17.5 Å². The molecule has 0 saturated carbocycles. The molecule has 0 radical (unpaired) electrons. The molecule has 0 unspecified atom stereocenters. The summed E-state index contributed by atoms with van der Waals surface area (Å²) in [4.78, 5) is 25.7. The number of rotatable bonds is 4. The topological polar surface area (TPSA) is 105 Å². The van der Waals surface area contributed by atoms with E-state index in [1.54, 1.807) is 42.5 Å². The van der Waals surface area contributed by atoms with Crippen LogP contribution in [0.4, 0.5) is 0 Å². The summed E-state index contributed by atoms with van der Waals surface area (Å²) >= 11 is 0. The molecule has 0 aliphatic heterocycles. The molecule has 0 aliphatic carbocycles. The fourth-order valence-electron chi connectivity index (χ4n) is 3.89. The van der Waals surface area contributed by atoms with Crippen LogP contribution in [0, 0.1) is 6.92 Å². The van der Waals surface area contributed by atoms with Crippen LogP contribution in [0.2, 0.25) is 0 Å². The third-order valence-corrected chi connectivity index (χ3v) is 5.74.